The largest absolute Gasteiger partial charge is 0.493 e. The Balaban J connectivity index is 1.74. The molecule has 0 radical (unpaired) electrons. The predicted octanol–water partition coefficient (Wildman–Crippen LogP) is 3.66. The van der Waals surface area contributed by atoms with E-state index in [9.17, 15) is 4.79 Å². The van der Waals surface area contributed by atoms with Gasteiger partial charge in [0.2, 0.25) is 0 Å². The van der Waals surface area contributed by atoms with Crippen molar-refractivity contribution in [1.29, 1.82) is 0 Å². The van der Waals surface area contributed by atoms with E-state index in [1.165, 1.54) is 12.1 Å². The van der Waals surface area contributed by atoms with E-state index in [0.717, 1.165) is 16.8 Å². The number of nitrogens with zero attached hydrogens (tertiary/aromatic N) is 2. The van der Waals surface area contributed by atoms with Gasteiger partial charge in [-0.2, -0.15) is 5.10 Å². The van der Waals surface area contributed by atoms with E-state index in [4.69, 9.17) is 21.1 Å². The average Bonchev–Trinajstić information content (AvgIpc) is 3.14. The second-order valence-corrected chi connectivity index (χ2v) is 6.12. The molecule has 4 rings (SSSR count). The molecule has 2 aromatic rings. The van der Waals surface area contributed by atoms with E-state index >= 15 is 0 Å². The van der Waals surface area contributed by atoms with Gasteiger partial charge in [0.25, 0.3) is 5.91 Å². The molecule has 0 aromatic heterocycles. The zero-order valence-corrected chi connectivity index (χ0v) is 14.0. The first-order chi connectivity index (χ1) is 11.6. The SMILES string of the molecule is COc1ccc2c(c1OC)C(=O)N1N=C(c3ccc(Cl)cc3)C[C@@H]21. The molecule has 1 amide bonds. The minimum Gasteiger partial charge on any atom is -0.493 e. The number of fused-ring (bicyclic) bond motifs is 3. The van der Waals surface area contributed by atoms with Crippen LogP contribution >= 0.6 is 11.6 Å². The third-order valence-corrected chi connectivity index (χ3v) is 4.70. The Morgan fingerprint density at radius 1 is 1.12 bits per heavy atom. The number of ether oxygens (including phenoxy) is 2. The van der Waals surface area contributed by atoms with Crippen molar-refractivity contribution in [2.75, 3.05) is 14.2 Å². The van der Waals surface area contributed by atoms with Gasteiger partial charge in [0, 0.05) is 11.4 Å². The molecule has 0 saturated carbocycles. The monoisotopic (exact) mass is 342 g/mol. The van der Waals surface area contributed by atoms with Gasteiger partial charge in [-0.1, -0.05) is 29.8 Å². The summed E-state index contributed by atoms with van der Waals surface area (Å²) in [5.74, 6) is 0.861. The molecule has 0 fully saturated rings. The lowest BCUT2D eigenvalue weighted by atomic mass is 9.97. The van der Waals surface area contributed by atoms with Crippen molar-refractivity contribution in [2.24, 2.45) is 5.10 Å². The molecule has 0 N–H and O–H groups in total. The summed E-state index contributed by atoms with van der Waals surface area (Å²) < 4.78 is 10.7. The highest BCUT2D eigenvalue weighted by atomic mass is 35.5. The minimum absolute atomic E-state index is 0.0991. The van der Waals surface area contributed by atoms with Gasteiger partial charge in [-0.25, -0.2) is 5.01 Å². The molecule has 1 atom stereocenters. The van der Waals surface area contributed by atoms with Crippen LogP contribution in [0.3, 0.4) is 0 Å². The average molecular weight is 343 g/mol. The van der Waals surface area contributed by atoms with Crippen LogP contribution in [-0.2, 0) is 0 Å². The van der Waals surface area contributed by atoms with Gasteiger partial charge in [0.15, 0.2) is 11.5 Å². The highest BCUT2D eigenvalue weighted by molar-refractivity contribution is 6.30. The quantitative estimate of drug-likeness (QED) is 0.855. The Kier molecular flexibility index (Phi) is 3.46. The molecule has 2 aliphatic heterocycles. The lowest BCUT2D eigenvalue weighted by Gasteiger charge is -2.12. The molecule has 0 bridgehead atoms. The number of hydrogen-bond donors (Lipinski definition) is 0. The van der Waals surface area contributed by atoms with Crippen LogP contribution in [0.15, 0.2) is 41.5 Å². The summed E-state index contributed by atoms with van der Waals surface area (Å²) in [5, 5.41) is 6.75. The lowest BCUT2D eigenvalue weighted by Crippen LogP contribution is -2.18. The minimum atomic E-state index is -0.158. The maximum Gasteiger partial charge on any atom is 0.278 e. The molecule has 0 unspecified atom stereocenters. The Hall–Kier alpha value is -2.53. The summed E-state index contributed by atoms with van der Waals surface area (Å²) in [7, 11) is 3.10. The van der Waals surface area contributed by atoms with Crippen LogP contribution in [0.2, 0.25) is 5.02 Å². The van der Waals surface area contributed by atoms with Gasteiger partial charge < -0.3 is 9.47 Å². The number of methoxy groups -OCH3 is 2. The molecule has 2 aromatic carbocycles. The maximum absolute atomic E-state index is 12.8. The lowest BCUT2D eigenvalue weighted by molar-refractivity contribution is 0.0753. The van der Waals surface area contributed by atoms with Gasteiger partial charge in [0.05, 0.1) is 31.5 Å². The number of carbonyl (C=O) groups is 1. The van der Waals surface area contributed by atoms with Gasteiger partial charge >= 0.3 is 0 Å². The highest BCUT2D eigenvalue weighted by Crippen LogP contribution is 2.47. The van der Waals surface area contributed by atoms with Crippen molar-refractivity contribution in [3.8, 4) is 11.5 Å². The first-order valence-electron chi connectivity index (χ1n) is 7.56. The number of halogens is 1. The van der Waals surface area contributed by atoms with Gasteiger partial charge in [-0.3, -0.25) is 4.79 Å². The molecule has 2 aliphatic rings. The number of rotatable bonds is 3. The van der Waals surface area contributed by atoms with Crippen molar-refractivity contribution < 1.29 is 14.3 Å². The molecular weight excluding hydrogens is 328 g/mol. The summed E-state index contributed by atoms with van der Waals surface area (Å²) in [6.45, 7) is 0. The van der Waals surface area contributed by atoms with Crippen molar-refractivity contribution in [3.05, 3.63) is 58.1 Å². The van der Waals surface area contributed by atoms with E-state index < -0.39 is 0 Å². The van der Waals surface area contributed by atoms with Crippen molar-refractivity contribution in [2.45, 2.75) is 12.5 Å². The summed E-state index contributed by atoms with van der Waals surface area (Å²) in [6.07, 6.45) is 0.663. The molecule has 0 spiro atoms. The van der Waals surface area contributed by atoms with Crippen molar-refractivity contribution in [1.82, 2.24) is 5.01 Å². The van der Waals surface area contributed by atoms with Crippen LogP contribution in [0.5, 0.6) is 11.5 Å². The summed E-state index contributed by atoms with van der Waals surface area (Å²) in [6, 6.07) is 11.1. The maximum atomic E-state index is 12.8. The first-order valence-corrected chi connectivity index (χ1v) is 7.93. The van der Waals surface area contributed by atoms with E-state index in [0.29, 0.717) is 28.5 Å². The summed E-state index contributed by atoms with van der Waals surface area (Å²) in [4.78, 5) is 12.8. The van der Waals surface area contributed by atoms with Crippen LogP contribution in [0.4, 0.5) is 0 Å². The van der Waals surface area contributed by atoms with Crippen LogP contribution in [0.25, 0.3) is 0 Å². The first kappa shape index (κ1) is 15.0. The molecule has 6 heteroatoms. The highest BCUT2D eigenvalue weighted by Gasteiger charge is 2.44. The molecular formula is C18H15ClN2O3. The summed E-state index contributed by atoms with van der Waals surface area (Å²) >= 11 is 5.94. The van der Waals surface area contributed by atoms with Crippen LogP contribution in [0.1, 0.15) is 33.9 Å². The van der Waals surface area contributed by atoms with Crippen LogP contribution < -0.4 is 9.47 Å². The Morgan fingerprint density at radius 3 is 2.54 bits per heavy atom. The normalized spacial score (nSPS) is 18.3. The molecule has 122 valence electrons. The molecule has 0 saturated heterocycles. The smallest absolute Gasteiger partial charge is 0.278 e. The van der Waals surface area contributed by atoms with E-state index in [1.807, 2.05) is 36.4 Å². The fourth-order valence-electron chi connectivity index (χ4n) is 3.31. The van der Waals surface area contributed by atoms with Crippen LogP contribution in [0, 0.1) is 0 Å². The molecule has 0 aliphatic carbocycles. The number of hydrogen-bond acceptors (Lipinski definition) is 4. The number of benzene rings is 2. The molecule has 5 nitrogen and oxygen atoms in total. The van der Waals surface area contributed by atoms with E-state index in [-0.39, 0.29) is 11.9 Å². The second-order valence-electron chi connectivity index (χ2n) is 5.69. The third-order valence-electron chi connectivity index (χ3n) is 4.45. The summed E-state index contributed by atoms with van der Waals surface area (Å²) in [5.41, 5.74) is 3.32. The molecule has 2 heterocycles. The predicted molar refractivity (Wildman–Crippen MR) is 91.1 cm³/mol. The van der Waals surface area contributed by atoms with Gasteiger partial charge in [-0.15, -0.1) is 0 Å². The van der Waals surface area contributed by atoms with E-state index in [1.54, 1.807) is 7.11 Å². The van der Waals surface area contributed by atoms with Gasteiger partial charge in [0.1, 0.15) is 0 Å². The van der Waals surface area contributed by atoms with Crippen molar-refractivity contribution in [3.63, 3.8) is 0 Å². The topological polar surface area (TPSA) is 51.1 Å². The zero-order valence-electron chi connectivity index (χ0n) is 13.2. The van der Waals surface area contributed by atoms with Crippen molar-refractivity contribution >= 4 is 23.2 Å². The third kappa shape index (κ3) is 2.08. The van der Waals surface area contributed by atoms with Crippen LogP contribution in [-0.4, -0.2) is 30.8 Å². The Bertz CT molecular complexity index is 861. The fourth-order valence-corrected chi connectivity index (χ4v) is 3.44. The van der Waals surface area contributed by atoms with E-state index in [2.05, 4.69) is 5.10 Å². The second kappa shape index (κ2) is 5.53. The number of amides is 1. The standard InChI is InChI=1S/C18H15ClN2O3/c1-23-15-8-7-12-14-9-13(10-3-5-11(19)6-4-10)20-21(14)18(22)16(12)17(15)24-2/h3-8,14H,9H2,1-2H3/t14-/m0/s1. The Labute approximate surface area is 144 Å². The number of hydrazone groups is 1. The number of carbonyl (C=O) groups excluding carboxylic acids is 1. The van der Waals surface area contributed by atoms with Gasteiger partial charge in [-0.05, 0) is 29.3 Å². The zero-order chi connectivity index (χ0) is 16.8. The molecule has 24 heavy (non-hydrogen) atoms. The fraction of sp³-hybridized carbons (Fsp3) is 0.222. The Morgan fingerprint density at radius 2 is 1.88 bits per heavy atom.